The summed E-state index contributed by atoms with van der Waals surface area (Å²) in [6.45, 7) is 3.49. The first-order valence-electron chi connectivity index (χ1n) is 6.14. The van der Waals surface area contributed by atoms with Crippen molar-refractivity contribution in [3.63, 3.8) is 0 Å². The molecule has 0 aliphatic heterocycles. The second-order valence-corrected chi connectivity index (χ2v) is 4.35. The summed E-state index contributed by atoms with van der Waals surface area (Å²) in [6.07, 6.45) is 1.58. The number of benzene rings is 1. The van der Waals surface area contributed by atoms with E-state index in [1.165, 1.54) is 0 Å². The fourth-order valence-electron chi connectivity index (χ4n) is 1.87. The molecule has 0 aliphatic carbocycles. The minimum atomic E-state index is -0.290. The van der Waals surface area contributed by atoms with Crippen molar-refractivity contribution in [2.75, 3.05) is 5.32 Å². The van der Waals surface area contributed by atoms with E-state index in [1.54, 1.807) is 37.4 Å². The molecule has 1 aromatic heterocycles. The van der Waals surface area contributed by atoms with Crippen LogP contribution in [0.3, 0.4) is 0 Å². The predicted molar refractivity (Wildman–Crippen MR) is 77.4 cm³/mol. The Hall–Kier alpha value is -2.69. The van der Waals surface area contributed by atoms with E-state index in [4.69, 9.17) is 5.21 Å². The summed E-state index contributed by atoms with van der Waals surface area (Å²) in [6, 6.07) is 10.7. The van der Waals surface area contributed by atoms with Gasteiger partial charge in [0, 0.05) is 11.8 Å². The van der Waals surface area contributed by atoms with Crippen molar-refractivity contribution in [1.82, 2.24) is 4.98 Å². The van der Waals surface area contributed by atoms with Crippen LogP contribution in [0.15, 0.2) is 47.8 Å². The minimum Gasteiger partial charge on any atom is -0.411 e. The summed E-state index contributed by atoms with van der Waals surface area (Å²) >= 11 is 0. The van der Waals surface area contributed by atoms with Crippen molar-refractivity contribution in [2.24, 2.45) is 5.16 Å². The van der Waals surface area contributed by atoms with Crippen LogP contribution in [0.25, 0.3) is 0 Å². The highest BCUT2D eigenvalue weighted by Gasteiger charge is 2.13. The van der Waals surface area contributed by atoms with E-state index in [1.807, 2.05) is 19.1 Å². The molecule has 0 radical (unpaired) electrons. The van der Waals surface area contributed by atoms with Gasteiger partial charge in [-0.25, -0.2) is 0 Å². The first kappa shape index (κ1) is 13.7. The van der Waals surface area contributed by atoms with Gasteiger partial charge in [-0.3, -0.25) is 9.78 Å². The number of pyridine rings is 1. The summed E-state index contributed by atoms with van der Waals surface area (Å²) in [5.74, 6) is -0.290. The molecule has 20 heavy (non-hydrogen) atoms. The predicted octanol–water partition coefficient (Wildman–Crippen LogP) is 2.84. The van der Waals surface area contributed by atoms with Crippen LogP contribution in [0, 0.1) is 6.92 Å². The number of hydrogen-bond acceptors (Lipinski definition) is 4. The number of anilines is 1. The van der Waals surface area contributed by atoms with Crippen LogP contribution < -0.4 is 5.32 Å². The molecule has 0 spiro atoms. The van der Waals surface area contributed by atoms with Gasteiger partial charge in [0.25, 0.3) is 5.91 Å². The maximum absolute atomic E-state index is 12.2. The van der Waals surface area contributed by atoms with Crippen LogP contribution >= 0.6 is 0 Å². The SMILES string of the molecule is CC(=NO)c1ccccc1NC(=O)c1ncccc1C. The number of aromatic nitrogens is 1. The number of amides is 1. The molecule has 0 fully saturated rings. The molecule has 1 heterocycles. The van der Waals surface area contributed by atoms with Crippen LogP contribution in [0.1, 0.15) is 28.5 Å². The Morgan fingerprint density at radius 2 is 2.00 bits per heavy atom. The van der Waals surface area contributed by atoms with E-state index in [-0.39, 0.29) is 5.91 Å². The molecule has 2 N–H and O–H groups in total. The Labute approximate surface area is 117 Å². The monoisotopic (exact) mass is 269 g/mol. The molecule has 0 saturated carbocycles. The van der Waals surface area contributed by atoms with Crippen molar-refractivity contribution in [2.45, 2.75) is 13.8 Å². The van der Waals surface area contributed by atoms with Crippen LogP contribution in [-0.4, -0.2) is 21.8 Å². The quantitative estimate of drug-likeness (QED) is 0.511. The van der Waals surface area contributed by atoms with E-state index in [0.717, 1.165) is 5.56 Å². The lowest BCUT2D eigenvalue weighted by molar-refractivity contribution is 0.102. The zero-order chi connectivity index (χ0) is 14.5. The Morgan fingerprint density at radius 1 is 1.25 bits per heavy atom. The number of oxime groups is 1. The average Bonchev–Trinajstić information content (AvgIpc) is 2.47. The molecule has 2 aromatic rings. The normalized spacial score (nSPS) is 11.2. The molecule has 102 valence electrons. The molecule has 0 unspecified atom stereocenters. The summed E-state index contributed by atoms with van der Waals surface area (Å²) in [5.41, 5.74) is 2.85. The lowest BCUT2D eigenvalue weighted by atomic mass is 10.1. The number of nitrogens with one attached hydrogen (secondary N) is 1. The standard InChI is InChI=1S/C15H15N3O2/c1-10-6-5-9-16-14(10)15(19)17-13-8-4-3-7-12(13)11(2)18-20/h3-9,20H,1-2H3,(H,17,19). The first-order chi connectivity index (χ1) is 9.63. The highest BCUT2D eigenvalue weighted by Crippen LogP contribution is 2.17. The molecule has 1 aromatic carbocycles. The molecule has 0 bridgehead atoms. The lowest BCUT2D eigenvalue weighted by Gasteiger charge is -2.10. The Bertz CT molecular complexity index is 666. The van der Waals surface area contributed by atoms with Gasteiger partial charge in [0.05, 0.1) is 11.4 Å². The summed E-state index contributed by atoms with van der Waals surface area (Å²) in [4.78, 5) is 16.3. The van der Waals surface area contributed by atoms with Crippen LogP contribution in [0.4, 0.5) is 5.69 Å². The molecular weight excluding hydrogens is 254 g/mol. The van der Waals surface area contributed by atoms with E-state index in [9.17, 15) is 4.79 Å². The van der Waals surface area contributed by atoms with Gasteiger partial charge >= 0.3 is 0 Å². The molecule has 2 rings (SSSR count). The fraction of sp³-hybridized carbons (Fsp3) is 0.133. The third-order valence-electron chi connectivity index (χ3n) is 2.94. The Balaban J connectivity index is 2.32. The molecule has 5 heteroatoms. The van der Waals surface area contributed by atoms with Gasteiger partial charge in [0.2, 0.25) is 0 Å². The molecule has 5 nitrogen and oxygen atoms in total. The van der Waals surface area contributed by atoms with Gasteiger partial charge in [0.15, 0.2) is 0 Å². The first-order valence-corrected chi connectivity index (χ1v) is 6.14. The summed E-state index contributed by atoms with van der Waals surface area (Å²) in [5, 5.41) is 14.8. The van der Waals surface area contributed by atoms with E-state index >= 15 is 0 Å². The van der Waals surface area contributed by atoms with Crippen molar-refractivity contribution >= 4 is 17.3 Å². The van der Waals surface area contributed by atoms with Gasteiger partial charge in [0.1, 0.15) is 5.69 Å². The van der Waals surface area contributed by atoms with Gasteiger partial charge in [-0.1, -0.05) is 29.4 Å². The highest BCUT2D eigenvalue weighted by molar-refractivity contribution is 6.09. The maximum Gasteiger partial charge on any atom is 0.274 e. The van der Waals surface area contributed by atoms with Crippen LogP contribution in [0.2, 0.25) is 0 Å². The van der Waals surface area contributed by atoms with Gasteiger partial charge in [-0.2, -0.15) is 0 Å². The number of carbonyl (C=O) groups excluding carboxylic acids is 1. The number of hydrogen-bond donors (Lipinski definition) is 2. The van der Waals surface area contributed by atoms with E-state index < -0.39 is 0 Å². The minimum absolute atomic E-state index is 0.290. The second kappa shape index (κ2) is 5.97. The number of aryl methyl sites for hydroxylation is 1. The summed E-state index contributed by atoms with van der Waals surface area (Å²) < 4.78 is 0. The Morgan fingerprint density at radius 3 is 2.70 bits per heavy atom. The lowest BCUT2D eigenvalue weighted by Crippen LogP contribution is -2.17. The van der Waals surface area contributed by atoms with Gasteiger partial charge < -0.3 is 10.5 Å². The number of nitrogens with zero attached hydrogens (tertiary/aromatic N) is 2. The topological polar surface area (TPSA) is 74.6 Å². The van der Waals surface area contributed by atoms with Crippen molar-refractivity contribution < 1.29 is 10.0 Å². The van der Waals surface area contributed by atoms with Crippen molar-refractivity contribution in [3.8, 4) is 0 Å². The average molecular weight is 269 g/mol. The van der Waals surface area contributed by atoms with E-state index in [2.05, 4.69) is 15.5 Å². The Kier molecular flexibility index (Phi) is 4.10. The number of carbonyl (C=O) groups is 1. The third kappa shape index (κ3) is 2.83. The molecular formula is C15H15N3O2. The molecule has 0 aliphatic rings. The largest absolute Gasteiger partial charge is 0.411 e. The van der Waals surface area contributed by atoms with Crippen molar-refractivity contribution in [3.05, 3.63) is 59.4 Å². The van der Waals surface area contributed by atoms with Gasteiger partial charge in [-0.05, 0) is 31.5 Å². The summed E-state index contributed by atoms with van der Waals surface area (Å²) in [7, 11) is 0. The molecule has 1 amide bonds. The van der Waals surface area contributed by atoms with Crippen molar-refractivity contribution in [1.29, 1.82) is 0 Å². The zero-order valence-electron chi connectivity index (χ0n) is 11.3. The zero-order valence-corrected chi connectivity index (χ0v) is 11.3. The third-order valence-corrected chi connectivity index (χ3v) is 2.94. The highest BCUT2D eigenvalue weighted by atomic mass is 16.4. The van der Waals surface area contributed by atoms with E-state index in [0.29, 0.717) is 22.7 Å². The van der Waals surface area contributed by atoms with Crippen LogP contribution in [0.5, 0.6) is 0 Å². The smallest absolute Gasteiger partial charge is 0.274 e. The second-order valence-electron chi connectivity index (χ2n) is 4.35. The number of para-hydroxylation sites is 1. The van der Waals surface area contributed by atoms with Gasteiger partial charge in [-0.15, -0.1) is 0 Å². The fourth-order valence-corrected chi connectivity index (χ4v) is 1.87. The molecule has 0 atom stereocenters. The van der Waals surface area contributed by atoms with Crippen LogP contribution in [-0.2, 0) is 0 Å². The maximum atomic E-state index is 12.2. The molecule has 0 saturated heterocycles. The number of rotatable bonds is 3.